The van der Waals surface area contributed by atoms with E-state index >= 15 is 0 Å². The number of rotatable bonds is 4. The summed E-state index contributed by atoms with van der Waals surface area (Å²) in [6.07, 6.45) is 0. The number of nitrogen functional groups attached to an aromatic ring is 1. The summed E-state index contributed by atoms with van der Waals surface area (Å²) in [6, 6.07) is 8.52. The van der Waals surface area contributed by atoms with E-state index in [2.05, 4.69) is 20.7 Å². The van der Waals surface area contributed by atoms with Gasteiger partial charge < -0.3 is 5.73 Å². The molecule has 0 saturated heterocycles. The lowest BCUT2D eigenvalue weighted by atomic mass is 10.2. The summed E-state index contributed by atoms with van der Waals surface area (Å²) in [7, 11) is -4.21. The number of nitrogens with two attached hydrogens (primary N) is 1. The van der Waals surface area contributed by atoms with Crippen LogP contribution in [0.4, 0.5) is 14.5 Å². The number of hydrogen-bond acceptors (Lipinski definition) is 3. The average molecular weight is 377 g/mol. The van der Waals surface area contributed by atoms with Crippen molar-refractivity contribution in [1.29, 1.82) is 0 Å². The van der Waals surface area contributed by atoms with Gasteiger partial charge in [0, 0.05) is 16.7 Å². The zero-order chi connectivity index (χ0) is 15.6. The molecule has 0 aliphatic rings. The SMILES string of the molecule is Nc1cc(F)c(F)c(S(=O)(=O)NCc2cccc(Br)c2)c1. The molecule has 2 rings (SSSR count). The molecule has 3 N–H and O–H groups in total. The minimum Gasteiger partial charge on any atom is -0.399 e. The Hall–Kier alpha value is -1.51. The summed E-state index contributed by atoms with van der Waals surface area (Å²) in [5.74, 6) is -2.76. The van der Waals surface area contributed by atoms with Gasteiger partial charge >= 0.3 is 0 Å². The molecule has 8 heteroatoms. The second-order valence-electron chi connectivity index (χ2n) is 4.27. The number of anilines is 1. The predicted octanol–water partition coefficient (Wildman–Crippen LogP) is 2.79. The van der Waals surface area contributed by atoms with Gasteiger partial charge in [0.05, 0.1) is 0 Å². The van der Waals surface area contributed by atoms with Crippen molar-refractivity contribution in [2.75, 3.05) is 5.73 Å². The van der Waals surface area contributed by atoms with Crippen LogP contribution in [0.5, 0.6) is 0 Å². The van der Waals surface area contributed by atoms with Crippen molar-refractivity contribution in [3.63, 3.8) is 0 Å². The molecule has 0 aliphatic carbocycles. The smallest absolute Gasteiger partial charge is 0.243 e. The summed E-state index contributed by atoms with van der Waals surface area (Å²) >= 11 is 3.25. The lowest BCUT2D eigenvalue weighted by Crippen LogP contribution is -2.24. The van der Waals surface area contributed by atoms with Crippen molar-refractivity contribution in [3.05, 3.63) is 58.1 Å². The third-order valence-electron chi connectivity index (χ3n) is 2.66. The first kappa shape index (κ1) is 15.9. The molecule has 0 aliphatic heterocycles. The van der Waals surface area contributed by atoms with Gasteiger partial charge in [-0.1, -0.05) is 28.1 Å². The van der Waals surface area contributed by atoms with E-state index in [9.17, 15) is 17.2 Å². The van der Waals surface area contributed by atoms with Crippen LogP contribution in [0.1, 0.15) is 5.56 Å². The normalized spacial score (nSPS) is 11.6. The van der Waals surface area contributed by atoms with Gasteiger partial charge in [0.15, 0.2) is 11.6 Å². The van der Waals surface area contributed by atoms with Gasteiger partial charge in [0.25, 0.3) is 0 Å². The first-order valence-corrected chi connectivity index (χ1v) is 8.06. The maximum absolute atomic E-state index is 13.6. The average Bonchev–Trinajstić information content (AvgIpc) is 2.41. The highest BCUT2D eigenvalue weighted by molar-refractivity contribution is 9.10. The van der Waals surface area contributed by atoms with Crippen molar-refractivity contribution in [2.45, 2.75) is 11.4 Å². The van der Waals surface area contributed by atoms with Gasteiger partial charge in [-0.25, -0.2) is 21.9 Å². The van der Waals surface area contributed by atoms with E-state index in [1.165, 1.54) is 0 Å². The number of halogens is 3. The Morgan fingerprint density at radius 2 is 1.90 bits per heavy atom. The second-order valence-corrected chi connectivity index (χ2v) is 6.92. The largest absolute Gasteiger partial charge is 0.399 e. The molecule has 112 valence electrons. The van der Waals surface area contributed by atoms with Gasteiger partial charge in [-0.15, -0.1) is 0 Å². The third kappa shape index (κ3) is 3.78. The summed E-state index contributed by atoms with van der Waals surface area (Å²) in [5, 5.41) is 0. The molecular weight excluding hydrogens is 366 g/mol. The highest BCUT2D eigenvalue weighted by Crippen LogP contribution is 2.21. The van der Waals surface area contributed by atoms with Crippen molar-refractivity contribution < 1.29 is 17.2 Å². The molecule has 0 bridgehead atoms. The number of hydrogen-bond donors (Lipinski definition) is 2. The zero-order valence-corrected chi connectivity index (χ0v) is 13.0. The number of nitrogens with one attached hydrogen (secondary N) is 1. The quantitative estimate of drug-likeness (QED) is 0.805. The number of benzene rings is 2. The van der Waals surface area contributed by atoms with Gasteiger partial charge in [-0.05, 0) is 29.8 Å². The fourth-order valence-corrected chi connectivity index (χ4v) is 3.27. The van der Waals surface area contributed by atoms with Gasteiger partial charge in [0.2, 0.25) is 10.0 Å². The molecule has 2 aromatic carbocycles. The molecule has 4 nitrogen and oxygen atoms in total. The van der Waals surface area contributed by atoms with Crippen LogP contribution in [0.2, 0.25) is 0 Å². The summed E-state index contributed by atoms with van der Waals surface area (Å²) in [6.45, 7) is -0.0579. The molecule has 0 spiro atoms. The fraction of sp³-hybridized carbons (Fsp3) is 0.0769. The topological polar surface area (TPSA) is 72.2 Å². The fourth-order valence-electron chi connectivity index (χ4n) is 1.68. The molecule has 2 aromatic rings. The number of sulfonamides is 1. The van der Waals surface area contributed by atoms with E-state index < -0.39 is 26.6 Å². The summed E-state index contributed by atoms with van der Waals surface area (Å²) in [5.41, 5.74) is 5.84. The maximum atomic E-state index is 13.6. The van der Waals surface area contributed by atoms with E-state index in [1.807, 2.05) is 0 Å². The van der Waals surface area contributed by atoms with Crippen LogP contribution in [-0.2, 0) is 16.6 Å². The van der Waals surface area contributed by atoms with Crippen LogP contribution in [0.15, 0.2) is 45.8 Å². The van der Waals surface area contributed by atoms with Crippen molar-refractivity contribution >= 4 is 31.6 Å². The molecule has 0 atom stereocenters. The Labute approximate surface area is 129 Å². The molecular formula is C13H11BrF2N2O2S. The molecule has 0 amide bonds. The lowest BCUT2D eigenvalue weighted by Gasteiger charge is -2.09. The molecule has 0 aromatic heterocycles. The van der Waals surface area contributed by atoms with E-state index in [1.54, 1.807) is 24.3 Å². The molecule has 0 saturated carbocycles. The Morgan fingerprint density at radius 3 is 2.57 bits per heavy atom. The molecule has 0 fully saturated rings. The van der Waals surface area contributed by atoms with E-state index in [0.29, 0.717) is 5.56 Å². The Kier molecular flexibility index (Phi) is 4.60. The van der Waals surface area contributed by atoms with Gasteiger partial charge in [-0.3, -0.25) is 0 Å². The van der Waals surface area contributed by atoms with E-state index in [-0.39, 0.29) is 12.2 Å². The maximum Gasteiger partial charge on any atom is 0.243 e. The highest BCUT2D eigenvalue weighted by Gasteiger charge is 2.22. The highest BCUT2D eigenvalue weighted by atomic mass is 79.9. The van der Waals surface area contributed by atoms with Crippen LogP contribution < -0.4 is 10.5 Å². The van der Waals surface area contributed by atoms with Crippen LogP contribution in [0.25, 0.3) is 0 Å². The van der Waals surface area contributed by atoms with Gasteiger partial charge in [0.1, 0.15) is 4.90 Å². The third-order valence-corrected chi connectivity index (χ3v) is 4.56. The molecule has 0 heterocycles. The van der Waals surface area contributed by atoms with Crippen LogP contribution in [0.3, 0.4) is 0 Å². The zero-order valence-electron chi connectivity index (χ0n) is 10.6. The monoisotopic (exact) mass is 376 g/mol. The van der Waals surface area contributed by atoms with Crippen molar-refractivity contribution in [1.82, 2.24) is 4.72 Å². The Morgan fingerprint density at radius 1 is 1.19 bits per heavy atom. The van der Waals surface area contributed by atoms with Gasteiger partial charge in [-0.2, -0.15) is 0 Å². The minimum atomic E-state index is -4.21. The molecule has 21 heavy (non-hydrogen) atoms. The molecule has 0 unspecified atom stereocenters. The van der Waals surface area contributed by atoms with Crippen LogP contribution in [-0.4, -0.2) is 8.42 Å². The van der Waals surface area contributed by atoms with Crippen LogP contribution in [0, 0.1) is 11.6 Å². The van der Waals surface area contributed by atoms with Crippen LogP contribution >= 0.6 is 15.9 Å². The van der Waals surface area contributed by atoms with Crippen molar-refractivity contribution in [2.24, 2.45) is 0 Å². The minimum absolute atomic E-state index is 0.0579. The Bertz CT molecular complexity index is 782. The van der Waals surface area contributed by atoms with E-state index in [0.717, 1.165) is 16.6 Å². The second kappa shape index (κ2) is 6.08. The lowest BCUT2D eigenvalue weighted by molar-refractivity contribution is 0.484. The molecule has 0 radical (unpaired) electrons. The Balaban J connectivity index is 2.27. The first-order valence-electron chi connectivity index (χ1n) is 5.78. The van der Waals surface area contributed by atoms with E-state index in [4.69, 9.17) is 5.73 Å². The standard InChI is InChI=1S/C13H11BrF2N2O2S/c14-9-3-1-2-8(4-9)7-18-21(19,20)12-6-10(17)5-11(15)13(12)16/h1-6,18H,7,17H2. The summed E-state index contributed by atoms with van der Waals surface area (Å²) < 4.78 is 53.9. The first-order chi connectivity index (χ1) is 9.79. The predicted molar refractivity (Wildman–Crippen MR) is 78.9 cm³/mol. The summed E-state index contributed by atoms with van der Waals surface area (Å²) in [4.78, 5) is -0.810. The van der Waals surface area contributed by atoms with Crippen molar-refractivity contribution in [3.8, 4) is 0 Å².